The molecule has 2 atom stereocenters. The van der Waals surface area contributed by atoms with Crippen molar-refractivity contribution in [1.29, 1.82) is 0 Å². The van der Waals surface area contributed by atoms with Gasteiger partial charge in [-0.25, -0.2) is 4.79 Å². The van der Waals surface area contributed by atoms with Gasteiger partial charge in [-0.15, -0.1) is 0 Å². The van der Waals surface area contributed by atoms with Crippen LogP contribution in [0.5, 0.6) is 0 Å². The molecule has 0 radical (unpaired) electrons. The van der Waals surface area contributed by atoms with Crippen molar-refractivity contribution in [3.63, 3.8) is 0 Å². The maximum atomic E-state index is 12.4. The number of hydrogen-bond acceptors (Lipinski definition) is 6. The summed E-state index contributed by atoms with van der Waals surface area (Å²) in [5, 5.41) is 26.7. The summed E-state index contributed by atoms with van der Waals surface area (Å²) < 4.78 is 0. The van der Waals surface area contributed by atoms with Gasteiger partial charge in [0.1, 0.15) is 6.54 Å². The minimum atomic E-state index is -0.652. The Morgan fingerprint density at radius 1 is 1.00 bits per heavy atom. The molecule has 1 fully saturated rings. The number of amides is 4. The number of nitrogens with zero attached hydrogens (tertiary/aromatic N) is 2. The predicted octanol–water partition coefficient (Wildman–Crippen LogP) is 2.01. The van der Waals surface area contributed by atoms with Crippen molar-refractivity contribution in [2.45, 2.75) is 110 Å². The molecule has 0 aromatic rings. The van der Waals surface area contributed by atoms with Gasteiger partial charge in [-0.05, 0) is 86.1 Å². The van der Waals surface area contributed by atoms with Crippen molar-refractivity contribution < 1.29 is 24.6 Å². The highest BCUT2D eigenvalue weighted by molar-refractivity contribution is 6.02. The van der Waals surface area contributed by atoms with Crippen molar-refractivity contribution in [2.24, 2.45) is 0 Å². The molecule has 0 aromatic heterocycles. The van der Waals surface area contributed by atoms with Crippen LogP contribution in [-0.4, -0.2) is 87.3 Å². The molecule has 1 aliphatic rings. The molecule has 192 valence electrons. The average Bonchev–Trinajstić information content (AvgIpc) is 3.03. The summed E-state index contributed by atoms with van der Waals surface area (Å²) in [4.78, 5) is 39.5. The van der Waals surface area contributed by atoms with E-state index >= 15 is 0 Å². The van der Waals surface area contributed by atoms with E-state index < -0.39 is 23.3 Å². The number of aliphatic hydroxyl groups excluding tert-OH is 2. The van der Waals surface area contributed by atoms with E-state index in [2.05, 4.69) is 10.6 Å². The third kappa shape index (κ3) is 9.98. The van der Waals surface area contributed by atoms with Crippen LogP contribution in [0.4, 0.5) is 4.79 Å². The van der Waals surface area contributed by atoms with Gasteiger partial charge < -0.3 is 25.7 Å². The molecule has 1 saturated heterocycles. The van der Waals surface area contributed by atoms with Crippen LogP contribution < -0.4 is 10.6 Å². The SMILES string of the molecule is CCNCC(=O)NC(C)(C)CCC(O)CCCC(O)CCC(C)(C)N1C(=O)CN(CC)C1=O. The van der Waals surface area contributed by atoms with E-state index in [9.17, 15) is 24.6 Å². The van der Waals surface area contributed by atoms with Crippen molar-refractivity contribution in [1.82, 2.24) is 20.4 Å². The Morgan fingerprint density at radius 3 is 2.09 bits per heavy atom. The number of nitrogens with one attached hydrogen (secondary N) is 2. The third-order valence-corrected chi connectivity index (χ3v) is 6.30. The summed E-state index contributed by atoms with van der Waals surface area (Å²) in [5.74, 6) is -0.243. The Hall–Kier alpha value is -1.71. The highest BCUT2D eigenvalue weighted by Gasteiger charge is 2.43. The lowest BCUT2D eigenvalue weighted by molar-refractivity contribution is -0.129. The van der Waals surface area contributed by atoms with Crippen LogP contribution in [0.15, 0.2) is 0 Å². The van der Waals surface area contributed by atoms with Crippen molar-refractivity contribution in [3.8, 4) is 0 Å². The summed E-state index contributed by atoms with van der Waals surface area (Å²) in [6.45, 7) is 13.1. The van der Waals surface area contributed by atoms with E-state index in [1.807, 2.05) is 41.5 Å². The fraction of sp³-hybridized carbons (Fsp3) is 0.875. The fourth-order valence-electron chi connectivity index (χ4n) is 4.15. The first kappa shape index (κ1) is 29.3. The van der Waals surface area contributed by atoms with Gasteiger partial charge in [-0.1, -0.05) is 6.92 Å². The summed E-state index contributed by atoms with van der Waals surface area (Å²) in [7, 11) is 0. The van der Waals surface area contributed by atoms with Gasteiger partial charge in [0.25, 0.3) is 5.91 Å². The van der Waals surface area contributed by atoms with E-state index in [0.29, 0.717) is 51.5 Å². The van der Waals surface area contributed by atoms with Gasteiger partial charge in [0.05, 0.1) is 18.8 Å². The summed E-state index contributed by atoms with van der Waals surface area (Å²) in [6, 6.07) is -0.258. The van der Waals surface area contributed by atoms with Gasteiger partial charge in [-0.3, -0.25) is 14.5 Å². The maximum absolute atomic E-state index is 12.4. The molecule has 0 aliphatic carbocycles. The van der Waals surface area contributed by atoms with Crippen LogP contribution in [0.2, 0.25) is 0 Å². The molecule has 33 heavy (non-hydrogen) atoms. The summed E-state index contributed by atoms with van der Waals surface area (Å²) >= 11 is 0. The molecule has 2 unspecified atom stereocenters. The minimum absolute atomic E-state index is 0.0536. The lowest BCUT2D eigenvalue weighted by Gasteiger charge is -2.34. The second-order valence-corrected chi connectivity index (χ2v) is 10.4. The molecule has 9 heteroatoms. The Bertz CT molecular complexity index is 653. The number of carbonyl (C=O) groups excluding carboxylic acids is 3. The maximum Gasteiger partial charge on any atom is 0.327 e. The Labute approximate surface area is 199 Å². The van der Waals surface area contributed by atoms with Crippen molar-refractivity contribution in [2.75, 3.05) is 26.2 Å². The zero-order chi connectivity index (χ0) is 25.2. The molecule has 9 nitrogen and oxygen atoms in total. The molecular weight excluding hydrogens is 424 g/mol. The Kier molecular flexibility index (Phi) is 11.8. The number of imide groups is 1. The van der Waals surface area contributed by atoms with Crippen LogP contribution in [-0.2, 0) is 9.59 Å². The van der Waals surface area contributed by atoms with E-state index in [-0.39, 0.29) is 30.9 Å². The molecule has 0 saturated carbocycles. The van der Waals surface area contributed by atoms with E-state index in [0.717, 1.165) is 6.54 Å². The van der Waals surface area contributed by atoms with Crippen LogP contribution in [0, 0.1) is 0 Å². The second kappa shape index (κ2) is 13.2. The first-order chi connectivity index (χ1) is 15.3. The highest BCUT2D eigenvalue weighted by Crippen LogP contribution is 2.28. The third-order valence-electron chi connectivity index (χ3n) is 6.30. The predicted molar refractivity (Wildman–Crippen MR) is 129 cm³/mol. The standard InChI is InChI=1S/C24H46N4O5/c1-7-25-16-20(31)26-23(3,4)14-12-18(29)10-9-11-19(30)13-15-24(5,6)28-21(32)17-27(8-2)22(28)33/h18-19,25,29-30H,7-17H2,1-6H3,(H,26,31). The molecule has 0 aromatic carbocycles. The van der Waals surface area contributed by atoms with Gasteiger partial charge >= 0.3 is 6.03 Å². The van der Waals surface area contributed by atoms with Crippen LogP contribution >= 0.6 is 0 Å². The lowest BCUT2D eigenvalue weighted by Crippen LogP contribution is -2.48. The molecule has 1 heterocycles. The van der Waals surface area contributed by atoms with Crippen molar-refractivity contribution >= 4 is 17.8 Å². The normalized spacial score (nSPS) is 17.0. The largest absolute Gasteiger partial charge is 0.393 e. The Morgan fingerprint density at radius 2 is 1.58 bits per heavy atom. The summed E-state index contributed by atoms with van der Waals surface area (Å²) in [5.41, 5.74) is -1.04. The van der Waals surface area contributed by atoms with Crippen LogP contribution in [0.3, 0.4) is 0 Å². The average molecular weight is 471 g/mol. The smallest absolute Gasteiger partial charge is 0.327 e. The van der Waals surface area contributed by atoms with Crippen LogP contribution in [0.25, 0.3) is 0 Å². The molecule has 4 N–H and O–H groups in total. The molecule has 0 spiro atoms. The van der Waals surface area contributed by atoms with Gasteiger partial charge in [-0.2, -0.15) is 0 Å². The molecule has 1 rings (SSSR count). The Balaban J connectivity index is 2.32. The monoisotopic (exact) mass is 470 g/mol. The quantitative estimate of drug-likeness (QED) is 0.256. The zero-order valence-electron chi connectivity index (χ0n) is 21.4. The number of aliphatic hydroxyl groups is 2. The number of hydrogen-bond donors (Lipinski definition) is 4. The molecule has 1 aliphatic heterocycles. The molecule has 4 amide bonds. The van der Waals surface area contributed by atoms with Crippen molar-refractivity contribution in [3.05, 3.63) is 0 Å². The van der Waals surface area contributed by atoms with Gasteiger partial charge in [0, 0.05) is 17.6 Å². The number of urea groups is 1. The fourth-order valence-corrected chi connectivity index (χ4v) is 4.15. The highest BCUT2D eigenvalue weighted by atomic mass is 16.3. The topological polar surface area (TPSA) is 122 Å². The zero-order valence-corrected chi connectivity index (χ0v) is 21.4. The number of rotatable bonds is 16. The van der Waals surface area contributed by atoms with E-state index in [4.69, 9.17) is 0 Å². The lowest BCUT2D eigenvalue weighted by atomic mass is 9.92. The molecule has 0 bridgehead atoms. The second-order valence-electron chi connectivity index (χ2n) is 10.4. The summed E-state index contributed by atoms with van der Waals surface area (Å²) in [6.07, 6.45) is 3.02. The van der Waals surface area contributed by atoms with E-state index in [1.165, 1.54) is 9.80 Å². The molecular formula is C24H46N4O5. The number of carbonyl (C=O) groups is 3. The first-order valence-electron chi connectivity index (χ1n) is 12.3. The van der Waals surface area contributed by atoms with Gasteiger partial charge in [0.15, 0.2) is 0 Å². The van der Waals surface area contributed by atoms with E-state index in [1.54, 1.807) is 0 Å². The number of likely N-dealkylation sites (N-methyl/N-ethyl adjacent to an activating group) is 2. The minimum Gasteiger partial charge on any atom is -0.393 e. The van der Waals surface area contributed by atoms with Gasteiger partial charge in [0.2, 0.25) is 5.91 Å². The first-order valence-corrected chi connectivity index (χ1v) is 12.3. The van der Waals surface area contributed by atoms with Crippen LogP contribution in [0.1, 0.15) is 86.5 Å².